The zero-order valence-corrected chi connectivity index (χ0v) is 12.6. The van der Waals surface area contributed by atoms with Crippen molar-refractivity contribution in [2.45, 2.75) is 26.8 Å². The molecule has 0 amide bonds. The first-order valence-corrected chi connectivity index (χ1v) is 6.97. The number of rotatable bonds is 6. The summed E-state index contributed by atoms with van der Waals surface area (Å²) in [5.41, 5.74) is 7.98. The molecule has 1 atom stereocenters. The topological polar surface area (TPSA) is 62.3 Å². The zero-order valence-electron chi connectivity index (χ0n) is 12.6. The Morgan fingerprint density at radius 1 is 1.35 bits per heavy atom. The molecule has 0 fully saturated rings. The number of hydrogen-bond acceptors (Lipinski definition) is 4. The number of imidazole rings is 1. The van der Waals surface area contributed by atoms with Gasteiger partial charge in [-0.05, 0) is 25.0 Å². The summed E-state index contributed by atoms with van der Waals surface area (Å²) in [6, 6.07) is 5.96. The second-order valence-corrected chi connectivity index (χ2v) is 5.17. The molecular weight excluding hydrogens is 254 g/mol. The van der Waals surface area contributed by atoms with Crippen LogP contribution in [0.5, 0.6) is 5.75 Å². The lowest BCUT2D eigenvalue weighted by atomic mass is 10.0. The number of fused-ring (bicyclic) bond motifs is 1. The lowest BCUT2D eigenvalue weighted by Crippen LogP contribution is -2.22. The van der Waals surface area contributed by atoms with E-state index in [0.29, 0.717) is 25.1 Å². The van der Waals surface area contributed by atoms with Crippen LogP contribution < -0.4 is 10.5 Å². The number of nitrogens with two attached hydrogens (primary N) is 1. The minimum absolute atomic E-state index is 0.159. The van der Waals surface area contributed by atoms with Gasteiger partial charge in [-0.1, -0.05) is 13.8 Å². The number of nitrogens with zero attached hydrogens (tertiary/aromatic N) is 2. The van der Waals surface area contributed by atoms with Gasteiger partial charge in [-0.2, -0.15) is 0 Å². The molecule has 0 saturated heterocycles. The molecule has 0 radical (unpaired) electrons. The van der Waals surface area contributed by atoms with Crippen LogP contribution in [0.3, 0.4) is 0 Å². The van der Waals surface area contributed by atoms with E-state index in [-0.39, 0.29) is 6.04 Å². The molecule has 1 aromatic heterocycles. The van der Waals surface area contributed by atoms with Crippen LogP contribution in [-0.4, -0.2) is 29.9 Å². The number of hydrogen-bond donors (Lipinski definition) is 1. The van der Waals surface area contributed by atoms with Crippen LogP contribution in [0.15, 0.2) is 18.2 Å². The Morgan fingerprint density at radius 3 is 2.70 bits per heavy atom. The molecule has 20 heavy (non-hydrogen) atoms. The van der Waals surface area contributed by atoms with Gasteiger partial charge in [0.1, 0.15) is 5.75 Å². The molecule has 2 aromatic rings. The second kappa shape index (κ2) is 6.13. The number of anilines is 1. The van der Waals surface area contributed by atoms with Crippen molar-refractivity contribution >= 4 is 17.0 Å². The van der Waals surface area contributed by atoms with E-state index in [2.05, 4.69) is 23.4 Å². The highest BCUT2D eigenvalue weighted by atomic mass is 16.5. The Labute approximate surface area is 119 Å². The number of benzene rings is 1. The molecule has 1 heterocycles. The molecule has 1 unspecified atom stereocenters. The van der Waals surface area contributed by atoms with Crippen molar-refractivity contribution in [2.75, 3.05) is 26.1 Å². The summed E-state index contributed by atoms with van der Waals surface area (Å²) in [5.74, 6) is 1.72. The van der Waals surface area contributed by atoms with Crippen LogP contribution >= 0.6 is 0 Å². The Bertz CT molecular complexity index is 578. The second-order valence-electron chi connectivity index (χ2n) is 5.17. The summed E-state index contributed by atoms with van der Waals surface area (Å²) in [5, 5.41) is 0. The fourth-order valence-electron chi connectivity index (χ4n) is 2.37. The minimum Gasteiger partial charge on any atom is -0.497 e. The van der Waals surface area contributed by atoms with Gasteiger partial charge in [0.15, 0.2) is 0 Å². The van der Waals surface area contributed by atoms with Crippen LogP contribution in [0, 0.1) is 5.92 Å². The molecule has 5 heteroatoms. The Morgan fingerprint density at radius 2 is 2.10 bits per heavy atom. The van der Waals surface area contributed by atoms with Crippen LogP contribution in [0.25, 0.3) is 11.0 Å². The summed E-state index contributed by atoms with van der Waals surface area (Å²) >= 11 is 0. The highest BCUT2D eigenvalue weighted by Crippen LogP contribution is 2.30. The molecule has 0 aliphatic heterocycles. The molecule has 5 nitrogen and oxygen atoms in total. The van der Waals surface area contributed by atoms with Crippen molar-refractivity contribution in [1.29, 1.82) is 0 Å². The molecule has 2 N–H and O–H groups in total. The van der Waals surface area contributed by atoms with Gasteiger partial charge in [0, 0.05) is 12.7 Å². The Balaban J connectivity index is 2.51. The fourth-order valence-corrected chi connectivity index (χ4v) is 2.37. The fraction of sp³-hybridized carbons (Fsp3) is 0.533. The summed E-state index contributed by atoms with van der Waals surface area (Å²) in [4.78, 5) is 4.43. The highest BCUT2D eigenvalue weighted by molar-refractivity contribution is 5.80. The molecular formula is C15H23N3O2. The van der Waals surface area contributed by atoms with Gasteiger partial charge in [-0.25, -0.2) is 4.98 Å². The third-order valence-corrected chi connectivity index (χ3v) is 3.52. The van der Waals surface area contributed by atoms with Crippen LogP contribution in [0.1, 0.15) is 26.8 Å². The Hall–Kier alpha value is -1.75. The van der Waals surface area contributed by atoms with Gasteiger partial charge in [-0.15, -0.1) is 0 Å². The SMILES string of the molecule is CCOCC(C(C)C)n1c(N)nc2ccc(OC)cc21. The van der Waals surface area contributed by atoms with E-state index < -0.39 is 0 Å². The van der Waals surface area contributed by atoms with Crippen molar-refractivity contribution in [2.24, 2.45) is 5.92 Å². The summed E-state index contributed by atoms with van der Waals surface area (Å²) in [6.45, 7) is 7.64. The van der Waals surface area contributed by atoms with Crippen LogP contribution in [0.4, 0.5) is 5.95 Å². The van der Waals surface area contributed by atoms with E-state index in [1.54, 1.807) is 7.11 Å². The standard InChI is InChI=1S/C15H23N3O2/c1-5-20-9-14(10(2)3)18-13-8-11(19-4)6-7-12(13)17-15(18)16/h6-8,10,14H,5,9H2,1-4H3,(H2,16,17). The maximum Gasteiger partial charge on any atom is 0.201 e. The summed E-state index contributed by atoms with van der Waals surface area (Å²) in [7, 11) is 1.66. The molecule has 0 aliphatic carbocycles. The number of ether oxygens (including phenoxy) is 2. The lowest BCUT2D eigenvalue weighted by molar-refractivity contribution is 0.0987. The first-order valence-electron chi connectivity index (χ1n) is 6.97. The van der Waals surface area contributed by atoms with Crippen molar-refractivity contribution in [3.8, 4) is 5.75 Å². The van der Waals surface area contributed by atoms with E-state index in [9.17, 15) is 0 Å². The third kappa shape index (κ3) is 2.72. The van der Waals surface area contributed by atoms with Gasteiger partial charge in [0.05, 0.1) is 30.8 Å². The normalized spacial score (nSPS) is 13.1. The molecule has 0 saturated carbocycles. The van der Waals surface area contributed by atoms with Gasteiger partial charge < -0.3 is 19.8 Å². The molecule has 0 spiro atoms. The maximum absolute atomic E-state index is 6.11. The average Bonchev–Trinajstić information content (AvgIpc) is 2.74. The minimum atomic E-state index is 0.159. The smallest absolute Gasteiger partial charge is 0.201 e. The van der Waals surface area contributed by atoms with E-state index in [1.807, 2.05) is 25.1 Å². The predicted molar refractivity (Wildman–Crippen MR) is 81.1 cm³/mol. The quantitative estimate of drug-likeness (QED) is 0.882. The first-order chi connectivity index (χ1) is 9.58. The van der Waals surface area contributed by atoms with Gasteiger partial charge in [-0.3, -0.25) is 0 Å². The monoisotopic (exact) mass is 277 g/mol. The van der Waals surface area contributed by atoms with E-state index in [1.165, 1.54) is 0 Å². The van der Waals surface area contributed by atoms with Gasteiger partial charge >= 0.3 is 0 Å². The van der Waals surface area contributed by atoms with E-state index in [0.717, 1.165) is 16.8 Å². The number of methoxy groups -OCH3 is 1. The summed E-state index contributed by atoms with van der Waals surface area (Å²) in [6.07, 6.45) is 0. The molecule has 0 aliphatic rings. The highest BCUT2D eigenvalue weighted by Gasteiger charge is 2.21. The van der Waals surface area contributed by atoms with Crippen molar-refractivity contribution < 1.29 is 9.47 Å². The molecule has 110 valence electrons. The first kappa shape index (κ1) is 14.7. The average molecular weight is 277 g/mol. The molecule has 2 rings (SSSR count). The van der Waals surface area contributed by atoms with Crippen molar-refractivity contribution in [1.82, 2.24) is 9.55 Å². The number of nitrogen functional groups attached to an aromatic ring is 1. The third-order valence-electron chi connectivity index (χ3n) is 3.52. The van der Waals surface area contributed by atoms with Gasteiger partial charge in [0.2, 0.25) is 5.95 Å². The van der Waals surface area contributed by atoms with E-state index >= 15 is 0 Å². The van der Waals surface area contributed by atoms with Gasteiger partial charge in [0.25, 0.3) is 0 Å². The molecule has 1 aromatic carbocycles. The number of aromatic nitrogens is 2. The van der Waals surface area contributed by atoms with E-state index in [4.69, 9.17) is 15.2 Å². The zero-order chi connectivity index (χ0) is 14.7. The predicted octanol–water partition coefficient (Wildman–Crippen LogP) is 2.86. The summed E-state index contributed by atoms with van der Waals surface area (Å²) < 4.78 is 13.0. The van der Waals surface area contributed by atoms with Crippen molar-refractivity contribution in [3.05, 3.63) is 18.2 Å². The lowest BCUT2D eigenvalue weighted by Gasteiger charge is -2.24. The largest absolute Gasteiger partial charge is 0.497 e. The van der Waals surface area contributed by atoms with Crippen LogP contribution in [0.2, 0.25) is 0 Å². The molecule has 0 bridgehead atoms. The Kier molecular flexibility index (Phi) is 4.49. The maximum atomic E-state index is 6.11. The van der Waals surface area contributed by atoms with Crippen LogP contribution in [-0.2, 0) is 4.74 Å². The van der Waals surface area contributed by atoms with Crippen molar-refractivity contribution in [3.63, 3.8) is 0 Å².